The number of methoxy groups -OCH3 is 1. The van der Waals surface area contributed by atoms with Gasteiger partial charge in [-0.15, -0.1) is 0 Å². The number of hydrogen-bond donors (Lipinski definition) is 2. The average Bonchev–Trinajstić information content (AvgIpc) is 3.11. The summed E-state index contributed by atoms with van der Waals surface area (Å²) in [6.07, 6.45) is 3.11. The third-order valence-electron chi connectivity index (χ3n) is 2.92. The first-order valence-corrected chi connectivity index (χ1v) is 6.09. The van der Waals surface area contributed by atoms with Crippen molar-refractivity contribution >= 4 is 0 Å². The Labute approximate surface area is 101 Å². The summed E-state index contributed by atoms with van der Waals surface area (Å²) in [6.45, 7) is 2.66. The summed E-state index contributed by atoms with van der Waals surface area (Å²) in [5.41, 5.74) is 0.671. The highest BCUT2D eigenvalue weighted by molar-refractivity contribution is 5.05. The molecule has 0 radical (unpaired) electrons. The Bertz CT molecular complexity index is 422. The number of aromatic amines is 1. The zero-order valence-electron chi connectivity index (χ0n) is 10.3. The van der Waals surface area contributed by atoms with E-state index < -0.39 is 0 Å². The molecular formula is C12H19N3O2. The quantitative estimate of drug-likeness (QED) is 0.778. The van der Waals surface area contributed by atoms with Crippen LogP contribution in [-0.4, -0.2) is 23.1 Å². The molecule has 0 bridgehead atoms. The van der Waals surface area contributed by atoms with Crippen LogP contribution in [0.4, 0.5) is 0 Å². The van der Waals surface area contributed by atoms with E-state index in [0.717, 1.165) is 12.1 Å². The van der Waals surface area contributed by atoms with Gasteiger partial charge in [0.15, 0.2) is 0 Å². The Hall–Kier alpha value is -1.20. The fraction of sp³-hybridized carbons (Fsp3) is 0.667. The molecule has 17 heavy (non-hydrogen) atoms. The highest BCUT2D eigenvalue weighted by atomic mass is 16.5. The maximum absolute atomic E-state index is 11.5. The molecule has 5 heteroatoms. The molecule has 1 atom stereocenters. The zero-order chi connectivity index (χ0) is 12.3. The monoisotopic (exact) mass is 237 g/mol. The van der Waals surface area contributed by atoms with Crippen molar-refractivity contribution < 1.29 is 4.74 Å². The molecule has 1 fully saturated rings. The van der Waals surface area contributed by atoms with Gasteiger partial charge in [0.2, 0.25) is 0 Å². The molecule has 1 aliphatic carbocycles. The SMILES string of the molecule is CCC(OC)c1nc(CNC2CC2)cc(=O)[nH]1. The molecule has 1 aliphatic rings. The van der Waals surface area contributed by atoms with Crippen LogP contribution in [0.1, 0.15) is 43.8 Å². The Kier molecular flexibility index (Phi) is 3.91. The molecular weight excluding hydrogens is 218 g/mol. The first-order chi connectivity index (χ1) is 8.22. The predicted molar refractivity (Wildman–Crippen MR) is 64.8 cm³/mol. The minimum atomic E-state index is -0.136. The number of nitrogens with one attached hydrogen (secondary N) is 2. The van der Waals surface area contributed by atoms with Crippen molar-refractivity contribution in [1.29, 1.82) is 0 Å². The third kappa shape index (κ3) is 3.38. The highest BCUT2D eigenvalue weighted by Gasteiger charge is 2.20. The summed E-state index contributed by atoms with van der Waals surface area (Å²) in [5.74, 6) is 0.620. The molecule has 0 saturated heterocycles. The van der Waals surface area contributed by atoms with Crippen LogP contribution in [0.2, 0.25) is 0 Å². The van der Waals surface area contributed by atoms with Crippen LogP contribution in [0.5, 0.6) is 0 Å². The maximum Gasteiger partial charge on any atom is 0.251 e. The summed E-state index contributed by atoms with van der Waals surface area (Å²) in [4.78, 5) is 18.7. The molecule has 2 rings (SSSR count). The van der Waals surface area contributed by atoms with Gasteiger partial charge in [-0.3, -0.25) is 4.79 Å². The summed E-state index contributed by atoms with van der Waals surface area (Å²) in [6, 6.07) is 2.16. The van der Waals surface area contributed by atoms with E-state index in [2.05, 4.69) is 15.3 Å². The van der Waals surface area contributed by atoms with E-state index >= 15 is 0 Å². The van der Waals surface area contributed by atoms with Crippen LogP contribution in [-0.2, 0) is 11.3 Å². The van der Waals surface area contributed by atoms with E-state index in [0.29, 0.717) is 18.4 Å². The molecule has 0 spiro atoms. The van der Waals surface area contributed by atoms with Crippen molar-refractivity contribution in [2.45, 2.75) is 44.9 Å². The lowest BCUT2D eigenvalue weighted by molar-refractivity contribution is 0.0921. The van der Waals surface area contributed by atoms with Crippen molar-refractivity contribution in [2.24, 2.45) is 0 Å². The normalized spacial score (nSPS) is 17.1. The molecule has 0 aliphatic heterocycles. The lowest BCUT2D eigenvalue weighted by Crippen LogP contribution is -2.21. The van der Waals surface area contributed by atoms with Gasteiger partial charge in [0, 0.05) is 25.8 Å². The summed E-state index contributed by atoms with van der Waals surface area (Å²) < 4.78 is 5.28. The van der Waals surface area contributed by atoms with Crippen LogP contribution in [0.25, 0.3) is 0 Å². The van der Waals surface area contributed by atoms with Gasteiger partial charge >= 0.3 is 0 Å². The Morgan fingerprint density at radius 1 is 1.65 bits per heavy atom. The fourth-order valence-electron chi connectivity index (χ4n) is 1.78. The first-order valence-electron chi connectivity index (χ1n) is 6.09. The smallest absolute Gasteiger partial charge is 0.251 e. The number of H-pyrrole nitrogens is 1. The van der Waals surface area contributed by atoms with Crippen molar-refractivity contribution in [3.8, 4) is 0 Å². The third-order valence-corrected chi connectivity index (χ3v) is 2.92. The Morgan fingerprint density at radius 2 is 2.41 bits per heavy atom. The average molecular weight is 237 g/mol. The standard InChI is InChI=1S/C12H19N3O2/c1-3-10(17-2)12-14-9(6-11(16)15-12)7-13-8-4-5-8/h6,8,10,13H,3-5,7H2,1-2H3,(H,14,15,16). The topological polar surface area (TPSA) is 67.0 Å². The van der Waals surface area contributed by atoms with E-state index in [1.165, 1.54) is 12.8 Å². The van der Waals surface area contributed by atoms with E-state index in [1.54, 1.807) is 13.2 Å². The number of rotatable bonds is 6. The molecule has 1 saturated carbocycles. The van der Waals surface area contributed by atoms with E-state index in [9.17, 15) is 4.79 Å². The molecule has 2 N–H and O–H groups in total. The van der Waals surface area contributed by atoms with Crippen LogP contribution in [0.15, 0.2) is 10.9 Å². The number of ether oxygens (including phenoxy) is 1. The molecule has 0 aromatic carbocycles. The van der Waals surface area contributed by atoms with Gasteiger partial charge in [0.05, 0.1) is 5.69 Å². The summed E-state index contributed by atoms with van der Waals surface area (Å²) >= 11 is 0. The lowest BCUT2D eigenvalue weighted by Gasteiger charge is -2.13. The summed E-state index contributed by atoms with van der Waals surface area (Å²) in [7, 11) is 1.63. The first kappa shape index (κ1) is 12.3. The molecule has 1 unspecified atom stereocenters. The minimum Gasteiger partial charge on any atom is -0.374 e. The molecule has 1 heterocycles. The van der Waals surface area contributed by atoms with E-state index in [-0.39, 0.29) is 11.7 Å². The molecule has 1 aromatic heterocycles. The zero-order valence-corrected chi connectivity index (χ0v) is 10.3. The minimum absolute atomic E-state index is 0.113. The Morgan fingerprint density at radius 3 is 3.00 bits per heavy atom. The molecule has 5 nitrogen and oxygen atoms in total. The van der Waals surface area contributed by atoms with Gasteiger partial charge in [-0.25, -0.2) is 4.98 Å². The van der Waals surface area contributed by atoms with Crippen LogP contribution in [0.3, 0.4) is 0 Å². The molecule has 94 valence electrons. The van der Waals surface area contributed by atoms with Crippen molar-refractivity contribution in [3.63, 3.8) is 0 Å². The van der Waals surface area contributed by atoms with Gasteiger partial charge in [0.1, 0.15) is 11.9 Å². The van der Waals surface area contributed by atoms with E-state index in [4.69, 9.17) is 4.74 Å². The number of aromatic nitrogens is 2. The van der Waals surface area contributed by atoms with Gasteiger partial charge < -0.3 is 15.0 Å². The van der Waals surface area contributed by atoms with Crippen molar-refractivity contribution in [1.82, 2.24) is 15.3 Å². The maximum atomic E-state index is 11.5. The van der Waals surface area contributed by atoms with Crippen molar-refractivity contribution in [2.75, 3.05) is 7.11 Å². The van der Waals surface area contributed by atoms with Crippen LogP contribution in [0, 0.1) is 0 Å². The lowest BCUT2D eigenvalue weighted by atomic mass is 10.2. The van der Waals surface area contributed by atoms with Crippen molar-refractivity contribution in [3.05, 3.63) is 27.9 Å². The van der Waals surface area contributed by atoms with Gasteiger partial charge in [-0.1, -0.05) is 6.92 Å². The highest BCUT2D eigenvalue weighted by Crippen LogP contribution is 2.19. The summed E-state index contributed by atoms with van der Waals surface area (Å²) in [5, 5.41) is 3.35. The fourth-order valence-corrected chi connectivity index (χ4v) is 1.78. The Balaban J connectivity index is 2.12. The molecule has 1 aromatic rings. The van der Waals surface area contributed by atoms with Gasteiger partial charge in [-0.2, -0.15) is 0 Å². The second-order valence-electron chi connectivity index (χ2n) is 4.41. The van der Waals surface area contributed by atoms with Crippen LogP contribution >= 0.6 is 0 Å². The molecule has 0 amide bonds. The number of nitrogens with zero attached hydrogens (tertiary/aromatic N) is 1. The van der Waals surface area contributed by atoms with E-state index in [1.807, 2.05) is 6.92 Å². The van der Waals surface area contributed by atoms with Crippen LogP contribution < -0.4 is 10.9 Å². The predicted octanol–water partition coefficient (Wildman–Crippen LogP) is 1.12. The largest absolute Gasteiger partial charge is 0.374 e. The second kappa shape index (κ2) is 5.42. The van der Waals surface area contributed by atoms with Gasteiger partial charge in [-0.05, 0) is 19.3 Å². The van der Waals surface area contributed by atoms with Gasteiger partial charge in [0.25, 0.3) is 5.56 Å². The number of hydrogen-bond acceptors (Lipinski definition) is 4. The second-order valence-corrected chi connectivity index (χ2v) is 4.41.